The Bertz CT molecular complexity index is 674. The van der Waals surface area contributed by atoms with Crippen LogP contribution < -0.4 is 4.72 Å². The largest absolute Gasteiger partial charge is 0.465 e. The summed E-state index contributed by atoms with van der Waals surface area (Å²) >= 11 is 1.09. The van der Waals surface area contributed by atoms with Crippen LogP contribution in [0.1, 0.15) is 47.3 Å². The van der Waals surface area contributed by atoms with Gasteiger partial charge in [-0.15, -0.1) is 11.3 Å². The predicted octanol–water partition coefficient (Wildman–Crippen LogP) is 3.01. The van der Waals surface area contributed by atoms with Crippen molar-refractivity contribution in [3.8, 4) is 0 Å². The highest BCUT2D eigenvalue weighted by atomic mass is 32.2. The van der Waals surface area contributed by atoms with Gasteiger partial charge in [-0.05, 0) is 50.0 Å². The van der Waals surface area contributed by atoms with E-state index in [-0.39, 0.29) is 9.77 Å². The van der Waals surface area contributed by atoms with Crippen LogP contribution in [0, 0.1) is 6.92 Å². The second-order valence-electron chi connectivity index (χ2n) is 5.32. The van der Waals surface area contributed by atoms with Crippen molar-refractivity contribution >= 4 is 27.3 Å². The third kappa shape index (κ3) is 3.97. The maximum absolute atomic E-state index is 12.5. The molecule has 0 saturated carbocycles. The summed E-state index contributed by atoms with van der Waals surface area (Å²) < 4.78 is 32.2. The lowest BCUT2D eigenvalue weighted by atomic mass is 9.97. The van der Waals surface area contributed by atoms with Gasteiger partial charge in [-0.2, -0.15) is 0 Å². The number of rotatable bonds is 6. The first-order valence-electron chi connectivity index (χ1n) is 7.29. The molecule has 122 valence electrons. The van der Waals surface area contributed by atoms with Gasteiger partial charge in [0.05, 0.1) is 7.11 Å². The molecule has 0 unspecified atom stereocenters. The Morgan fingerprint density at radius 3 is 2.82 bits per heavy atom. The fourth-order valence-electron chi connectivity index (χ4n) is 2.55. The standard InChI is InChI=1S/C15H21NO4S2/c1-11-10-21-13(15(17)20-2)14(11)22(18,19)16-9-8-12-6-4-3-5-7-12/h6,10,16H,3-5,7-9H2,1-2H3. The number of ether oxygens (including phenoxy) is 1. The monoisotopic (exact) mass is 343 g/mol. The van der Waals surface area contributed by atoms with Gasteiger partial charge < -0.3 is 4.74 Å². The zero-order chi connectivity index (χ0) is 16.2. The van der Waals surface area contributed by atoms with Gasteiger partial charge in [0, 0.05) is 6.54 Å². The lowest BCUT2D eigenvalue weighted by Gasteiger charge is -2.13. The summed E-state index contributed by atoms with van der Waals surface area (Å²) in [6.07, 6.45) is 7.44. The number of hydrogen-bond acceptors (Lipinski definition) is 5. The van der Waals surface area contributed by atoms with E-state index >= 15 is 0 Å². The molecule has 7 heteroatoms. The zero-order valence-electron chi connectivity index (χ0n) is 12.8. The second kappa shape index (κ2) is 7.39. The van der Waals surface area contributed by atoms with Crippen molar-refractivity contribution in [2.45, 2.75) is 43.9 Å². The molecular weight excluding hydrogens is 322 g/mol. The predicted molar refractivity (Wildman–Crippen MR) is 86.8 cm³/mol. The number of allylic oxidation sites excluding steroid dienone is 1. The number of carbonyl (C=O) groups is 1. The van der Waals surface area contributed by atoms with Gasteiger partial charge in [0.1, 0.15) is 9.77 Å². The fourth-order valence-corrected chi connectivity index (χ4v) is 5.28. The van der Waals surface area contributed by atoms with Gasteiger partial charge >= 0.3 is 5.97 Å². The summed E-state index contributed by atoms with van der Waals surface area (Å²) in [5.41, 5.74) is 1.87. The van der Waals surface area contributed by atoms with Crippen LogP contribution in [0.2, 0.25) is 0 Å². The van der Waals surface area contributed by atoms with Crippen LogP contribution in [0.5, 0.6) is 0 Å². The van der Waals surface area contributed by atoms with Crippen LogP contribution in [-0.4, -0.2) is 28.0 Å². The van der Waals surface area contributed by atoms with Gasteiger partial charge in [-0.1, -0.05) is 11.6 Å². The minimum atomic E-state index is -3.70. The Labute approximate surface area is 135 Å². The molecule has 5 nitrogen and oxygen atoms in total. The summed E-state index contributed by atoms with van der Waals surface area (Å²) in [5, 5.41) is 1.66. The number of aryl methyl sites for hydroxylation is 1. The molecule has 1 N–H and O–H groups in total. The van der Waals surface area contributed by atoms with E-state index in [2.05, 4.69) is 15.5 Å². The average Bonchev–Trinajstić information content (AvgIpc) is 2.90. The first-order chi connectivity index (χ1) is 10.5. The van der Waals surface area contributed by atoms with E-state index in [9.17, 15) is 13.2 Å². The maximum atomic E-state index is 12.5. The Hall–Kier alpha value is -1.18. The summed E-state index contributed by atoms with van der Waals surface area (Å²) in [6.45, 7) is 2.03. The van der Waals surface area contributed by atoms with Crippen LogP contribution in [0.3, 0.4) is 0 Å². The zero-order valence-corrected chi connectivity index (χ0v) is 14.5. The lowest BCUT2D eigenvalue weighted by molar-refractivity contribution is 0.0602. The van der Waals surface area contributed by atoms with Crippen LogP contribution in [-0.2, 0) is 14.8 Å². The number of methoxy groups -OCH3 is 1. The third-order valence-corrected chi connectivity index (χ3v) is 6.54. The minimum Gasteiger partial charge on any atom is -0.465 e. The number of nitrogens with one attached hydrogen (secondary N) is 1. The van der Waals surface area contributed by atoms with Crippen molar-refractivity contribution in [2.75, 3.05) is 13.7 Å². The first kappa shape index (κ1) is 17.2. The van der Waals surface area contributed by atoms with Gasteiger partial charge in [0.25, 0.3) is 0 Å². The smallest absolute Gasteiger partial charge is 0.349 e. The normalized spacial score (nSPS) is 15.5. The molecule has 0 aliphatic heterocycles. The summed E-state index contributed by atoms with van der Waals surface area (Å²) in [6, 6.07) is 0. The van der Waals surface area contributed by atoms with E-state index < -0.39 is 16.0 Å². The molecule has 22 heavy (non-hydrogen) atoms. The minimum absolute atomic E-state index is 0.0435. The van der Waals surface area contributed by atoms with Gasteiger partial charge in [0.2, 0.25) is 10.0 Å². The van der Waals surface area contributed by atoms with Crippen LogP contribution in [0.4, 0.5) is 0 Å². The fraction of sp³-hybridized carbons (Fsp3) is 0.533. The Morgan fingerprint density at radius 2 is 2.18 bits per heavy atom. The molecule has 0 bridgehead atoms. The molecule has 2 rings (SSSR count). The van der Waals surface area contributed by atoms with Crippen molar-refractivity contribution in [3.05, 3.63) is 27.5 Å². The number of hydrogen-bond donors (Lipinski definition) is 1. The number of esters is 1. The van der Waals surface area contributed by atoms with E-state index in [1.54, 1.807) is 12.3 Å². The molecule has 0 saturated heterocycles. The Morgan fingerprint density at radius 1 is 1.41 bits per heavy atom. The third-order valence-electron chi connectivity index (χ3n) is 3.68. The van der Waals surface area contributed by atoms with E-state index in [1.165, 1.54) is 25.5 Å². The van der Waals surface area contributed by atoms with Crippen LogP contribution in [0.15, 0.2) is 21.9 Å². The van der Waals surface area contributed by atoms with Crippen molar-refractivity contribution in [3.63, 3.8) is 0 Å². The molecular formula is C15H21NO4S2. The van der Waals surface area contributed by atoms with Gasteiger partial charge in [-0.25, -0.2) is 17.9 Å². The van der Waals surface area contributed by atoms with E-state index in [0.717, 1.165) is 30.6 Å². The molecule has 1 aliphatic rings. The molecule has 1 aromatic rings. The SMILES string of the molecule is COC(=O)c1scc(C)c1S(=O)(=O)NCCC1=CCCCC1. The van der Waals surface area contributed by atoms with E-state index in [1.807, 2.05) is 0 Å². The molecule has 1 heterocycles. The van der Waals surface area contributed by atoms with Crippen molar-refractivity contribution in [1.29, 1.82) is 0 Å². The van der Waals surface area contributed by atoms with E-state index in [4.69, 9.17) is 0 Å². The molecule has 0 aromatic carbocycles. The molecule has 0 radical (unpaired) electrons. The topological polar surface area (TPSA) is 72.5 Å². The van der Waals surface area contributed by atoms with Gasteiger partial charge in [-0.3, -0.25) is 0 Å². The number of thiophene rings is 1. The lowest BCUT2D eigenvalue weighted by Crippen LogP contribution is -2.27. The van der Waals surface area contributed by atoms with Gasteiger partial charge in [0.15, 0.2) is 0 Å². The molecule has 0 spiro atoms. The summed E-state index contributed by atoms with van der Waals surface area (Å²) in [5.74, 6) is -0.617. The number of carbonyl (C=O) groups excluding carboxylic acids is 1. The van der Waals surface area contributed by atoms with Crippen molar-refractivity contribution in [1.82, 2.24) is 4.72 Å². The molecule has 1 aliphatic carbocycles. The maximum Gasteiger partial charge on any atom is 0.349 e. The highest BCUT2D eigenvalue weighted by molar-refractivity contribution is 7.89. The Kier molecular flexibility index (Phi) is 5.77. The van der Waals surface area contributed by atoms with Crippen LogP contribution >= 0.6 is 11.3 Å². The van der Waals surface area contributed by atoms with Crippen molar-refractivity contribution in [2.24, 2.45) is 0 Å². The molecule has 0 atom stereocenters. The highest BCUT2D eigenvalue weighted by Crippen LogP contribution is 2.27. The molecule has 1 aromatic heterocycles. The van der Waals surface area contributed by atoms with Crippen molar-refractivity contribution < 1.29 is 17.9 Å². The van der Waals surface area contributed by atoms with Crippen LogP contribution in [0.25, 0.3) is 0 Å². The summed E-state index contributed by atoms with van der Waals surface area (Å²) in [7, 11) is -2.46. The Balaban J connectivity index is 2.08. The summed E-state index contributed by atoms with van der Waals surface area (Å²) in [4.78, 5) is 11.9. The molecule has 0 fully saturated rings. The quantitative estimate of drug-likeness (QED) is 0.636. The first-order valence-corrected chi connectivity index (χ1v) is 9.66. The second-order valence-corrected chi connectivity index (χ2v) is 7.91. The number of sulfonamides is 1. The highest BCUT2D eigenvalue weighted by Gasteiger charge is 2.27. The average molecular weight is 343 g/mol. The van der Waals surface area contributed by atoms with E-state index in [0.29, 0.717) is 12.1 Å². The molecule has 0 amide bonds.